The Morgan fingerprint density at radius 2 is 1.50 bits per heavy atom. The minimum Gasteiger partial charge on any atom is -0.283 e. The Kier molecular flexibility index (Phi) is 33.1. The quantitative estimate of drug-likeness (QED) is 0.201. The van der Waals surface area contributed by atoms with Crippen LogP contribution < -0.4 is 0 Å². The molecule has 0 atom stereocenters. The van der Waals surface area contributed by atoms with Crippen LogP contribution in [0.3, 0.4) is 0 Å². The highest BCUT2D eigenvalue weighted by atomic mass is 16.1. The first kappa shape index (κ1) is 33.3. The minimum atomic E-state index is -0.315. The summed E-state index contributed by atoms with van der Waals surface area (Å²) in [5.74, 6) is 1.58. The largest absolute Gasteiger partial charge is 0.283 e. The standard InChI is InChI=1S/C15H28.C8H11NO.C3H8.C2H6/c1-3-4-5-6-7-8-9-15-12-10-14(2)11-13-15;1-2-3-4-5-6-8(10)7-9;1-3-2;1-2/h8-9,14-15H,3-7,10-13H2,1-2H3;2-3H,4-6H2,1H3;3H2,1-2H3;1-2H3/b9-8+;3-2-;;. The van der Waals surface area contributed by atoms with Gasteiger partial charge in [0.1, 0.15) is 6.07 Å². The average Bonchev–Trinajstić information content (AvgIpc) is 2.77. The maximum atomic E-state index is 10.4. The van der Waals surface area contributed by atoms with E-state index in [4.69, 9.17) is 5.26 Å². The molecule has 1 aliphatic carbocycles. The molecule has 0 saturated heterocycles. The van der Waals surface area contributed by atoms with Gasteiger partial charge < -0.3 is 0 Å². The highest BCUT2D eigenvalue weighted by Crippen LogP contribution is 2.29. The van der Waals surface area contributed by atoms with Crippen molar-refractivity contribution < 1.29 is 4.79 Å². The topological polar surface area (TPSA) is 40.9 Å². The average molecular weight is 420 g/mol. The Labute approximate surface area is 190 Å². The van der Waals surface area contributed by atoms with Crippen LogP contribution in [-0.4, -0.2) is 5.78 Å². The Morgan fingerprint density at radius 1 is 0.933 bits per heavy atom. The van der Waals surface area contributed by atoms with Gasteiger partial charge in [-0.2, -0.15) is 5.26 Å². The fourth-order valence-electron chi connectivity index (χ4n) is 3.06. The predicted octanol–water partition coefficient (Wildman–Crippen LogP) is 9.61. The van der Waals surface area contributed by atoms with E-state index in [9.17, 15) is 4.79 Å². The van der Waals surface area contributed by atoms with Crippen LogP contribution in [0.2, 0.25) is 0 Å². The highest BCUT2D eigenvalue weighted by molar-refractivity contribution is 5.93. The van der Waals surface area contributed by atoms with E-state index in [-0.39, 0.29) is 5.78 Å². The van der Waals surface area contributed by atoms with Crippen molar-refractivity contribution in [1.29, 1.82) is 5.26 Å². The number of unbranched alkanes of at least 4 members (excludes halogenated alkanes) is 5. The van der Waals surface area contributed by atoms with Crippen LogP contribution in [0.25, 0.3) is 0 Å². The molecule has 0 aliphatic heterocycles. The predicted molar refractivity (Wildman–Crippen MR) is 136 cm³/mol. The van der Waals surface area contributed by atoms with Gasteiger partial charge in [-0.05, 0) is 57.3 Å². The molecule has 2 nitrogen and oxygen atoms in total. The van der Waals surface area contributed by atoms with Gasteiger partial charge in [0.2, 0.25) is 5.78 Å². The molecular formula is C28H53NO. The van der Waals surface area contributed by atoms with Crippen LogP contribution >= 0.6 is 0 Å². The summed E-state index contributed by atoms with van der Waals surface area (Å²) < 4.78 is 0. The van der Waals surface area contributed by atoms with Crippen molar-refractivity contribution in [3.05, 3.63) is 24.3 Å². The summed E-state index contributed by atoms with van der Waals surface area (Å²) in [7, 11) is 0. The fourth-order valence-corrected chi connectivity index (χ4v) is 3.06. The Morgan fingerprint density at radius 3 is 2.00 bits per heavy atom. The first-order valence-corrected chi connectivity index (χ1v) is 12.8. The monoisotopic (exact) mass is 419 g/mol. The lowest BCUT2D eigenvalue weighted by molar-refractivity contribution is -0.114. The summed E-state index contributed by atoms with van der Waals surface area (Å²) in [6.07, 6.45) is 24.9. The van der Waals surface area contributed by atoms with Crippen LogP contribution in [0.1, 0.15) is 132 Å². The van der Waals surface area contributed by atoms with Gasteiger partial charge in [0.05, 0.1) is 0 Å². The highest BCUT2D eigenvalue weighted by Gasteiger charge is 2.15. The van der Waals surface area contributed by atoms with E-state index < -0.39 is 0 Å². The van der Waals surface area contributed by atoms with Gasteiger partial charge in [-0.3, -0.25) is 4.79 Å². The fraction of sp³-hybridized carbons (Fsp3) is 0.786. The number of carbonyl (C=O) groups is 1. The van der Waals surface area contributed by atoms with Gasteiger partial charge in [0.15, 0.2) is 0 Å². The molecular weight excluding hydrogens is 366 g/mol. The second-order valence-corrected chi connectivity index (χ2v) is 8.00. The molecule has 0 spiro atoms. The molecule has 0 unspecified atom stereocenters. The van der Waals surface area contributed by atoms with Crippen molar-refractivity contribution in [3.63, 3.8) is 0 Å². The summed E-state index contributed by atoms with van der Waals surface area (Å²) in [4.78, 5) is 10.4. The third-order valence-electron chi connectivity index (χ3n) is 4.83. The molecule has 1 saturated carbocycles. The number of carbonyl (C=O) groups excluding carboxylic acids is 1. The lowest BCUT2D eigenvalue weighted by Crippen LogP contribution is -2.09. The molecule has 1 rings (SSSR count). The van der Waals surface area contributed by atoms with Gasteiger partial charge in [-0.25, -0.2) is 0 Å². The van der Waals surface area contributed by atoms with Gasteiger partial charge in [-0.15, -0.1) is 0 Å². The number of allylic oxidation sites excluding steroid dienone is 4. The van der Waals surface area contributed by atoms with Crippen LogP contribution in [0.4, 0.5) is 0 Å². The molecule has 0 radical (unpaired) electrons. The summed E-state index contributed by atoms with van der Waals surface area (Å²) in [5.41, 5.74) is 0. The van der Waals surface area contributed by atoms with E-state index in [1.54, 1.807) is 6.07 Å². The molecule has 0 bridgehead atoms. The molecule has 0 heterocycles. The molecule has 0 N–H and O–H groups in total. The van der Waals surface area contributed by atoms with Gasteiger partial charge >= 0.3 is 0 Å². The lowest BCUT2D eigenvalue weighted by atomic mass is 9.83. The van der Waals surface area contributed by atoms with E-state index in [2.05, 4.69) is 39.8 Å². The summed E-state index contributed by atoms with van der Waals surface area (Å²) in [6.45, 7) is 14.9. The number of hydrogen-bond acceptors (Lipinski definition) is 2. The first-order valence-electron chi connectivity index (χ1n) is 12.8. The smallest absolute Gasteiger partial charge is 0.231 e. The van der Waals surface area contributed by atoms with E-state index in [1.165, 1.54) is 64.2 Å². The summed E-state index contributed by atoms with van der Waals surface area (Å²) >= 11 is 0. The summed E-state index contributed by atoms with van der Waals surface area (Å²) in [6, 6.07) is 1.58. The zero-order valence-electron chi connectivity index (χ0n) is 21.5. The first-order chi connectivity index (χ1) is 14.5. The van der Waals surface area contributed by atoms with Crippen LogP contribution in [-0.2, 0) is 4.79 Å². The Hall–Kier alpha value is -1.36. The van der Waals surface area contributed by atoms with E-state index in [0.29, 0.717) is 6.42 Å². The van der Waals surface area contributed by atoms with Crippen LogP contribution in [0.5, 0.6) is 0 Å². The molecule has 0 amide bonds. The van der Waals surface area contributed by atoms with Crippen molar-refractivity contribution in [2.24, 2.45) is 11.8 Å². The number of ketones is 1. The molecule has 0 aromatic heterocycles. The third kappa shape index (κ3) is 28.8. The van der Waals surface area contributed by atoms with E-state index in [0.717, 1.165) is 24.7 Å². The second-order valence-electron chi connectivity index (χ2n) is 8.00. The Bertz CT molecular complexity index is 422. The van der Waals surface area contributed by atoms with Crippen molar-refractivity contribution in [2.45, 2.75) is 132 Å². The van der Waals surface area contributed by atoms with Gasteiger partial charge in [0, 0.05) is 6.42 Å². The van der Waals surface area contributed by atoms with Crippen molar-refractivity contribution in [3.8, 4) is 6.07 Å². The van der Waals surface area contributed by atoms with E-state index in [1.807, 2.05) is 32.9 Å². The zero-order valence-corrected chi connectivity index (χ0v) is 21.5. The van der Waals surface area contributed by atoms with Gasteiger partial charge in [0.25, 0.3) is 0 Å². The number of nitriles is 1. The van der Waals surface area contributed by atoms with Crippen LogP contribution in [0, 0.1) is 23.2 Å². The van der Waals surface area contributed by atoms with E-state index >= 15 is 0 Å². The van der Waals surface area contributed by atoms with Crippen molar-refractivity contribution in [2.75, 3.05) is 0 Å². The van der Waals surface area contributed by atoms with Gasteiger partial charge in [-0.1, -0.05) is 104 Å². The number of hydrogen-bond donors (Lipinski definition) is 0. The number of rotatable bonds is 10. The zero-order chi connectivity index (χ0) is 23.5. The molecule has 176 valence electrons. The van der Waals surface area contributed by atoms with Crippen LogP contribution in [0.15, 0.2) is 24.3 Å². The number of nitrogens with zero attached hydrogens (tertiary/aromatic N) is 1. The second kappa shape index (κ2) is 29.8. The van der Waals surface area contributed by atoms with Crippen molar-refractivity contribution >= 4 is 5.78 Å². The minimum absolute atomic E-state index is 0.315. The lowest BCUT2D eigenvalue weighted by Gasteiger charge is -2.23. The summed E-state index contributed by atoms with van der Waals surface area (Å²) in [5, 5.41) is 8.07. The Balaban J connectivity index is -0.000000421. The third-order valence-corrected chi connectivity index (χ3v) is 4.83. The SMILES string of the molecule is C/C=C\CCCC(=O)C#N.CC.CCC.CCCCCC/C=C/C1CCC(C)CC1. The molecule has 1 aliphatic rings. The molecule has 0 aromatic rings. The molecule has 30 heavy (non-hydrogen) atoms. The molecule has 1 fully saturated rings. The molecule has 2 heteroatoms. The normalized spacial score (nSPS) is 17.7. The maximum absolute atomic E-state index is 10.4. The van der Waals surface area contributed by atoms with Crippen molar-refractivity contribution in [1.82, 2.24) is 0 Å². The maximum Gasteiger partial charge on any atom is 0.231 e. The number of Topliss-reactive ketones (excluding diaryl/α,β-unsaturated/α-hetero) is 1. The molecule has 0 aromatic carbocycles.